The molecule has 124 valence electrons. The maximum atomic E-state index is 12.4. The van der Waals surface area contributed by atoms with Gasteiger partial charge in [0.25, 0.3) is 5.91 Å². The van der Waals surface area contributed by atoms with Gasteiger partial charge in [-0.3, -0.25) is 9.59 Å². The van der Waals surface area contributed by atoms with Crippen molar-refractivity contribution in [1.82, 2.24) is 5.32 Å². The molecule has 0 bridgehead atoms. The molecule has 1 aromatic heterocycles. The van der Waals surface area contributed by atoms with Gasteiger partial charge in [0.2, 0.25) is 6.10 Å². The maximum Gasteiger partial charge on any atom is 0.349 e. The van der Waals surface area contributed by atoms with E-state index in [2.05, 4.69) is 5.32 Å². The van der Waals surface area contributed by atoms with Crippen molar-refractivity contribution < 1.29 is 19.1 Å². The molecule has 2 aromatic rings. The zero-order chi connectivity index (χ0) is 17.1. The Hall–Kier alpha value is -2.47. The Bertz CT molecular complexity index is 764. The number of nitrogens with one attached hydrogen (secondary N) is 1. The van der Waals surface area contributed by atoms with Crippen molar-refractivity contribution >= 4 is 29.0 Å². The van der Waals surface area contributed by atoms with E-state index in [1.807, 2.05) is 6.07 Å². The molecule has 1 aliphatic rings. The summed E-state index contributed by atoms with van der Waals surface area (Å²) in [5, 5.41) is 2.87. The molecule has 24 heavy (non-hydrogen) atoms. The number of rotatable bonds is 6. The minimum Gasteiger partial charge on any atom is -0.443 e. The third kappa shape index (κ3) is 3.89. The lowest BCUT2D eigenvalue weighted by molar-refractivity contribution is -0.130. The summed E-state index contributed by atoms with van der Waals surface area (Å²) >= 11 is 1.07. The normalized spacial score (nSPS) is 14.7. The van der Waals surface area contributed by atoms with Gasteiger partial charge in [-0.2, -0.15) is 0 Å². The van der Waals surface area contributed by atoms with Crippen LogP contribution in [0, 0.1) is 0 Å². The number of ketones is 1. The summed E-state index contributed by atoms with van der Waals surface area (Å²) < 4.78 is 5.45. The Kier molecular flexibility index (Phi) is 4.76. The Labute approximate surface area is 143 Å². The lowest BCUT2D eigenvalue weighted by Crippen LogP contribution is -2.33. The van der Waals surface area contributed by atoms with Crippen LogP contribution in [0.5, 0.6) is 0 Å². The Morgan fingerprint density at radius 3 is 2.33 bits per heavy atom. The first kappa shape index (κ1) is 16.4. The van der Waals surface area contributed by atoms with Crippen LogP contribution in [0.3, 0.4) is 0 Å². The van der Waals surface area contributed by atoms with Gasteiger partial charge in [0.1, 0.15) is 4.88 Å². The zero-order valence-electron chi connectivity index (χ0n) is 13.2. The van der Waals surface area contributed by atoms with Gasteiger partial charge in [0, 0.05) is 11.6 Å². The van der Waals surface area contributed by atoms with Crippen molar-refractivity contribution in [1.29, 1.82) is 0 Å². The van der Waals surface area contributed by atoms with Gasteiger partial charge in [-0.1, -0.05) is 30.3 Å². The van der Waals surface area contributed by atoms with Gasteiger partial charge >= 0.3 is 5.97 Å². The van der Waals surface area contributed by atoms with Crippen molar-refractivity contribution in [3.8, 4) is 0 Å². The van der Waals surface area contributed by atoms with Crippen LogP contribution in [-0.4, -0.2) is 23.7 Å². The smallest absolute Gasteiger partial charge is 0.349 e. The van der Waals surface area contributed by atoms with Gasteiger partial charge in [-0.05, 0) is 31.9 Å². The molecule has 1 fully saturated rings. The number of carbonyl (C=O) groups excluding carboxylic acids is 3. The number of hydrogen-bond donors (Lipinski definition) is 1. The van der Waals surface area contributed by atoms with E-state index >= 15 is 0 Å². The van der Waals surface area contributed by atoms with Gasteiger partial charge in [-0.15, -0.1) is 11.3 Å². The number of carbonyl (C=O) groups is 3. The summed E-state index contributed by atoms with van der Waals surface area (Å²) in [5.74, 6) is -1.03. The molecule has 5 nitrogen and oxygen atoms in total. The molecule has 0 saturated heterocycles. The molecule has 6 heteroatoms. The quantitative estimate of drug-likeness (QED) is 0.646. The number of esters is 1. The standard InChI is InChI=1S/C18H17NO4S/c1-11(20)14-9-10-15(24-14)18(22)23-16(12-5-3-2-4-6-12)17(21)19-13-7-8-13/h2-6,9-10,13,16H,7-8H2,1H3,(H,19,21). The highest BCUT2D eigenvalue weighted by atomic mass is 32.1. The second-order valence-corrected chi connectivity index (χ2v) is 6.78. The highest BCUT2D eigenvalue weighted by molar-refractivity contribution is 7.15. The van der Waals surface area contributed by atoms with Crippen LogP contribution < -0.4 is 5.32 Å². The second kappa shape index (κ2) is 6.97. The fraction of sp³-hybridized carbons (Fsp3) is 0.278. The zero-order valence-corrected chi connectivity index (χ0v) is 14.0. The molecule has 0 aliphatic heterocycles. The fourth-order valence-corrected chi connectivity index (χ4v) is 2.99. The molecule has 1 saturated carbocycles. The van der Waals surface area contributed by atoms with Gasteiger partial charge in [-0.25, -0.2) is 4.79 Å². The average Bonchev–Trinajstić information content (AvgIpc) is 3.24. The van der Waals surface area contributed by atoms with E-state index in [4.69, 9.17) is 4.74 Å². The van der Waals surface area contributed by atoms with Crippen LogP contribution in [0.15, 0.2) is 42.5 Å². The van der Waals surface area contributed by atoms with Crippen molar-refractivity contribution in [2.75, 3.05) is 0 Å². The summed E-state index contributed by atoms with van der Waals surface area (Å²) in [6.45, 7) is 1.44. The molecule has 1 aromatic carbocycles. The van der Waals surface area contributed by atoms with Crippen LogP contribution in [0.2, 0.25) is 0 Å². The van der Waals surface area contributed by atoms with Crippen molar-refractivity contribution in [2.24, 2.45) is 0 Å². The second-order valence-electron chi connectivity index (χ2n) is 5.70. The number of hydrogen-bond acceptors (Lipinski definition) is 5. The summed E-state index contributed by atoms with van der Waals surface area (Å²) in [6.07, 6.45) is 0.907. The predicted octanol–water partition coefficient (Wildman–Crippen LogP) is 3.13. The first-order valence-electron chi connectivity index (χ1n) is 7.71. The predicted molar refractivity (Wildman–Crippen MR) is 90.1 cm³/mol. The van der Waals surface area contributed by atoms with Gasteiger partial charge in [0.05, 0.1) is 4.88 Å². The van der Waals surface area contributed by atoms with Crippen LogP contribution in [0.1, 0.15) is 50.8 Å². The molecule has 1 unspecified atom stereocenters. The molecule has 1 atom stereocenters. The SMILES string of the molecule is CC(=O)c1ccc(C(=O)OC(C(=O)NC2CC2)c2ccccc2)s1. The van der Waals surface area contributed by atoms with Crippen molar-refractivity contribution in [3.63, 3.8) is 0 Å². The molecule has 1 heterocycles. The monoisotopic (exact) mass is 343 g/mol. The van der Waals surface area contributed by atoms with E-state index in [0.717, 1.165) is 24.2 Å². The highest BCUT2D eigenvalue weighted by Crippen LogP contribution is 2.25. The Morgan fingerprint density at radius 2 is 1.75 bits per heavy atom. The topological polar surface area (TPSA) is 72.5 Å². The molecule has 1 amide bonds. The number of Topliss-reactive ketones (excluding diaryl/α,β-unsaturated/α-hetero) is 1. The highest BCUT2D eigenvalue weighted by Gasteiger charge is 2.31. The first-order chi connectivity index (χ1) is 11.5. The van der Waals surface area contributed by atoms with Gasteiger partial charge in [0.15, 0.2) is 5.78 Å². The van der Waals surface area contributed by atoms with E-state index in [0.29, 0.717) is 15.3 Å². The Balaban J connectivity index is 1.78. The molecule has 0 radical (unpaired) electrons. The first-order valence-corrected chi connectivity index (χ1v) is 8.53. The third-order valence-electron chi connectivity index (χ3n) is 3.64. The van der Waals surface area contributed by atoms with Crippen LogP contribution in [-0.2, 0) is 9.53 Å². The van der Waals surface area contributed by atoms with E-state index in [-0.39, 0.29) is 17.7 Å². The molecular formula is C18H17NO4S. The number of ether oxygens (including phenoxy) is 1. The molecule has 1 N–H and O–H groups in total. The van der Waals surface area contributed by atoms with Gasteiger partial charge < -0.3 is 10.1 Å². The minimum absolute atomic E-state index is 0.106. The van der Waals surface area contributed by atoms with E-state index in [1.54, 1.807) is 36.4 Å². The molecule has 0 spiro atoms. The summed E-state index contributed by atoms with van der Waals surface area (Å²) in [7, 11) is 0. The summed E-state index contributed by atoms with van der Waals surface area (Å²) in [6, 6.07) is 12.2. The minimum atomic E-state index is -0.998. The maximum absolute atomic E-state index is 12.4. The number of benzene rings is 1. The third-order valence-corrected chi connectivity index (χ3v) is 4.81. The van der Waals surface area contributed by atoms with E-state index in [9.17, 15) is 14.4 Å². The largest absolute Gasteiger partial charge is 0.443 e. The molecule has 3 rings (SSSR count). The van der Waals surface area contributed by atoms with E-state index < -0.39 is 12.1 Å². The van der Waals surface area contributed by atoms with E-state index in [1.165, 1.54) is 6.92 Å². The van der Waals surface area contributed by atoms with Crippen molar-refractivity contribution in [3.05, 3.63) is 57.8 Å². The van der Waals surface area contributed by atoms with Crippen LogP contribution in [0.4, 0.5) is 0 Å². The van der Waals surface area contributed by atoms with Crippen LogP contribution >= 0.6 is 11.3 Å². The van der Waals surface area contributed by atoms with Crippen LogP contribution in [0.25, 0.3) is 0 Å². The number of thiophene rings is 1. The Morgan fingerprint density at radius 1 is 1.08 bits per heavy atom. The number of amides is 1. The fourth-order valence-electron chi connectivity index (χ4n) is 2.21. The summed E-state index contributed by atoms with van der Waals surface area (Å²) in [5.41, 5.74) is 0.618. The average molecular weight is 343 g/mol. The van der Waals surface area contributed by atoms with Crippen molar-refractivity contribution in [2.45, 2.75) is 31.9 Å². The lowest BCUT2D eigenvalue weighted by atomic mass is 10.1. The molecule has 1 aliphatic carbocycles. The summed E-state index contributed by atoms with van der Waals surface area (Å²) in [4.78, 5) is 37.0. The lowest BCUT2D eigenvalue weighted by Gasteiger charge is -2.17. The molecular weight excluding hydrogens is 326 g/mol.